The number of halogens is 1. The summed E-state index contributed by atoms with van der Waals surface area (Å²) < 4.78 is 1.04. The zero-order valence-corrected chi connectivity index (χ0v) is 12.7. The monoisotopic (exact) mass is 325 g/mol. The van der Waals surface area contributed by atoms with Crippen LogP contribution in [0.15, 0.2) is 28.7 Å². The molecule has 0 spiro atoms. The van der Waals surface area contributed by atoms with Gasteiger partial charge in [-0.15, -0.1) is 0 Å². The number of hydrogen-bond donors (Lipinski definition) is 2. The lowest BCUT2D eigenvalue weighted by molar-refractivity contribution is -0.123. The molecule has 1 fully saturated rings. The summed E-state index contributed by atoms with van der Waals surface area (Å²) in [5, 5.41) is 6.33. The molecule has 1 saturated heterocycles. The molecule has 0 saturated carbocycles. The number of carbonyl (C=O) groups is 1. The van der Waals surface area contributed by atoms with Gasteiger partial charge in [0, 0.05) is 30.7 Å². The van der Waals surface area contributed by atoms with Gasteiger partial charge in [-0.25, -0.2) is 0 Å². The first-order valence-electron chi connectivity index (χ1n) is 6.63. The van der Waals surface area contributed by atoms with Crippen molar-refractivity contribution in [1.29, 1.82) is 0 Å². The molecule has 2 rings (SSSR count). The first kappa shape index (κ1) is 14.5. The van der Waals surface area contributed by atoms with E-state index in [-0.39, 0.29) is 11.9 Å². The molecule has 4 nitrogen and oxygen atoms in total. The van der Waals surface area contributed by atoms with Crippen LogP contribution in [-0.2, 0) is 4.79 Å². The highest BCUT2D eigenvalue weighted by molar-refractivity contribution is 9.10. The van der Waals surface area contributed by atoms with Gasteiger partial charge in [-0.2, -0.15) is 0 Å². The maximum absolute atomic E-state index is 12.0. The Bertz CT molecular complexity index is 432. The molecule has 1 aromatic carbocycles. The number of rotatable bonds is 4. The molecular weight excluding hydrogens is 306 g/mol. The highest BCUT2D eigenvalue weighted by atomic mass is 79.9. The highest BCUT2D eigenvalue weighted by Gasteiger charge is 2.15. The normalized spacial score (nSPS) is 18.0. The predicted octanol–water partition coefficient (Wildman–Crippen LogP) is 1.53. The lowest BCUT2D eigenvalue weighted by Crippen LogP contribution is -2.47. The molecule has 1 aliphatic heterocycles. The molecular formula is C14H20BrN3O. The van der Waals surface area contributed by atoms with Gasteiger partial charge in [0.05, 0.1) is 12.6 Å². The number of benzene rings is 1. The molecule has 19 heavy (non-hydrogen) atoms. The minimum Gasteiger partial charge on any atom is -0.348 e. The van der Waals surface area contributed by atoms with Gasteiger partial charge in [0.1, 0.15) is 0 Å². The summed E-state index contributed by atoms with van der Waals surface area (Å²) in [6, 6.07) is 8.07. The van der Waals surface area contributed by atoms with E-state index in [1.807, 2.05) is 31.2 Å². The van der Waals surface area contributed by atoms with Crippen LogP contribution in [-0.4, -0.2) is 43.5 Å². The first-order chi connectivity index (χ1) is 9.15. The van der Waals surface area contributed by atoms with Gasteiger partial charge in [-0.05, 0) is 24.6 Å². The van der Waals surface area contributed by atoms with Gasteiger partial charge in [0.25, 0.3) is 0 Å². The Morgan fingerprint density at radius 3 is 2.89 bits per heavy atom. The fourth-order valence-corrected chi connectivity index (χ4v) is 2.64. The van der Waals surface area contributed by atoms with E-state index >= 15 is 0 Å². The third kappa shape index (κ3) is 4.60. The van der Waals surface area contributed by atoms with Gasteiger partial charge >= 0.3 is 0 Å². The number of hydrogen-bond acceptors (Lipinski definition) is 3. The minimum absolute atomic E-state index is 0.0351. The fraction of sp³-hybridized carbons (Fsp3) is 0.500. The zero-order valence-electron chi connectivity index (χ0n) is 11.2. The number of piperazine rings is 1. The van der Waals surface area contributed by atoms with E-state index in [9.17, 15) is 4.79 Å². The van der Waals surface area contributed by atoms with Crippen LogP contribution in [0.25, 0.3) is 0 Å². The van der Waals surface area contributed by atoms with E-state index in [0.717, 1.165) is 36.2 Å². The van der Waals surface area contributed by atoms with Crippen LogP contribution in [0.3, 0.4) is 0 Å². The molecule has 2 N–H and O–H groups in total. The molecule has 1 aromatic rings. The Kier molecular flexibility index (Phi) is 5.36. The van der Waals surface area contributed by atoms with E-state index in [1.54, 1.807) is 0 Å². The summed E-state index contributed by atoms with van der Waals surface area (Å²) in [6.45, 7) is 6.32. The van der Waals surface area contributed by atoms with Gasteiger partial charge in [-0.1, -0.05) is 28.1 Å². The standard InChI is InChI=1S/C14H20BrN3O/c1-11(12-3-2-4-13(15)9-12)17-14(19)10-18-7-5-16-6-8-18/h2-4,9,11,16H,5-8,10H2,1H3,(H,17,19)/t11-/m0/s1. The third-order valence-corrected chi connectivity index (χ3v) is 3.80. The molecule has 0 radical (unpaired) electrons. The van der Waals surface area contributed by atoms with Gasteiger partial charge in [-0.3, -0.25) is 9.69 Å². The van der Waals surface area contributed by atoms with E-state index in [2.05, 4.69) is 31.5 Å². The first-order valence-corrected chi connectivity index (χ1v) is 7.42. The third-order valence-electron chi connectivity index (χ3n) is 3.30. The van der Waals surface area contributed by atoms with Crippen molar-refractivity contribution >= 4 is 21.8 Å². The molecule has 1 amide bonds. The zero-order chi connectivity index (χ0) is 13.7. The lowest BCUT2D eigenvalue weighted by atomic mass is 10.1. The van der Waals surface area contributed by atoms with Crippen LogP contribution in [0.2, 0.25) is 0 Å². The SMILES string of the molecule is C[C@H](NC(=O)CN1CCNCC1)c1cccc(Br)c1. The Balaban J connectivity index is 1.84. The van der Waals surface area contributed by atoms with Crippen molar-refractivity contribution < 1.29 is 4.79 Å². The molecule has 1 heterocycles. The van der Waals surface area contributed by atoms with Crippen molar-refractivity contribution in [3.05, 3.63) is 34.3 Å². The summed E-state index contributed by atoms with van der Waals surface area (Å²) >= 11 is 3.45. The maximum Gasteiger partial charge on any atom is 0.234 e. The van der Waals surface area contributed by atoms with Crippen LogP contribution in [0.1, 0.15) is 18.5 Å². The highest BCUT2D eigenvalue weighted by Crippen LogP contribution is 2.17. The number of nitrogens with zero attached hydrogens (tertiary/aromatic N) is 1. The molecule has 5 heteroatoms. The Morgan fingerprint density at radius 2 is 2.21 bits per heavy atom. The van der Waals surface area contributed by atoms with Crippen molar-refractivity contribution in [2.45, 2.75) is 13.0 Å². The van der Waals surface area contributed by atoms with Gasteiger partial charge in [0.2, 0.25) is 5.91 Å². The summed E-state index contributed by atoms with van der Waals surface area (Å²) in [5.41, 5.74) is 1.11. The van der Waals surface area contributed by atoms with E-state index in [1.165, 1.54) is 0 Å². The average Bonchev–Trinajstić information content (AvgIpc) is 2.39. The van der Waals surface area contributed by atoms with Crippen LogP contribution in [0, 0.1) is 0 Å². The second kappa shape index (κ2) is 7.03. The summed E-state index contributed by atoms with van der Waals surface area (Å²) in [6.07, 6.45) is 0. The molecule has 0 aromatic heterocycles. The molecule has 1 atom stereocenters. The van der Waals surface area contributed by atoms with E-state index in [0.29, 0.717) is 6.54 Å². The quantitative estimate of drug-likeness (QED) is 0.882. The molecule has 104 valence electrons. The number of carbonyl (C=O) groups excluding carboxylic acids is 1. The Morgan fingerprint density at radius 1 is 1.47 bits per heavy atom. The largest absolute Gasteiger partial charge is 0.348 e. The summed E-state index contributed by atoms with van der Waals surface area (Å²) in [4.78, 5) is 14.2. The van der Waals surface area contributed by atoms with Crippen molar-refractivity contribution in [2.75, 3.05) is 32.7 Å². The molecule has 0 bridgehead atoms. The topological polar surface area (TPSA) is 44.4 Å². The van der Waals surface area contributed by atoms with Crippen molar-refractivity contribution in [3.8, 4) is 0 Å². The van der Waals surface area contributed by atoms with Crippen LogP contribution in [0.4, 0.5) is 0 Å². The van der Waals surface area contributed by atoms with Crippen molar-refractivity contribution in [2.24, 2.45) is 0 Å². The summed E-state index contributed by atoms with van der Waals surface area (Å²) in [7, 11) is 0. The smallest absolute Gasteiger partial charge is 0.234 e. The van der Waals surface area contributed by atoms with Gasteiger partial charge < -0.3 is 10.6 Å². The van der Waals surface area contributed by atoms with Crippen LogP contribution < -0.4 is 10.6 Å². The minimum atomic E-state index is 0.0351. The Labute approximate surface area is 122 Å². The van der Waals surface area contributed by atoms with Crippen LogP contribution >= 0.6 is 15.9 Å². The second-order valence-corrected chi connectivity index (χ2v) is 5.79. The Hall–Kier alpha value is -0.910. The number of nitrogens with one attached hydrogen (secondary N) is 2. The summed E-state index contributed by atoms with van der Waals surface area (Å²) in [5.74, 6) is 0.0920. The van der Waals surface area contributed by atoms with Crippen LogP contribution in [0.5, 0.6) is 0 Å². The second-order valence-electron chi connectivity index (χ2n) is 4.87. The lowest BCUT2D eigenvalue weighted by Gasteiger charge is -2.27. The van der Waals surface area contributed by atoms with Crippen molar-refractivity contribution in [1.82, 2.24) is 15.5 Å². The van der Waals surface area contributed by atoms with Crippen molar-refractivity contribution in [3.63, 3.8) is 0 Å². The molecule has 1 aliphatic rings. The number of amides is 1. The predicted molar refractivity (Wildman–Crippen MR) is 80.0 cm³/mol. The molecule has 0 unspecified atom stereocenters. The maximum atomic E-state index is 12.0. The van der Waals surface area contributed by atoms with E-state index in [4.69, 9.17) is 0 Å². The van der Waals surface area contributed by atoms with E-state index < -0.39 is 0 Å². The average molecular weight is 326 g/mol. The fourth-order valence-electron chi connectivity index (χ4n) is 2.22. The van der Waals surface area contributed by atoms with Gasteiger partial charge in [0.15, 0.2) is 0 Å². The molecule has 0 aliphatic carbocycles.